The maximum absolute atomic E-state index is 11.7. The highest BCUT2D eigenvalue weighted by molar-refractivity contribution is 6.30. The molecule has 2 aromatic carbocycles. The van der Waals surface area contributed by atoms with E-state index in [1.165, 1.54) is 18.2 Å². The number of nitrogens with zero attached hydrogens (tertiary/aromatic N) is 1. The molecule has 0 unspecified atom stereocenters. The lowest BCUT2D eigenvalue weighted by atomic mass is 10.2. The largest absolute Gasteiger partial charge is 0.452 e. The van der Waals surface area contributed by atoms with Gasteiger partial charge in [0.1, 0.15) is 0 Å². The topological polar surface area (TPSA) is 111 Å². The summed E-state index contributed by atoms with van der Waals surface area (Å²) in [6.07, 6.45) is 2.79. The van der Waals surface area contributed by atoms with Crippen LogP contribution in [0.2, 0.25) is 5.02 Å². The molecule has 0 aliphatic heterocycles. The second kappa shape index (κ2) is 10.7. The van der Waals surface area contributed by atoms with Gasteiger partial charge in [0, 0.05) is 42.0 Å². The van der Waals surface area contributed by atoms with E-state index < -0.39 is 16.8 Å². The minimum Gasteiger partial charge on any atom is -0.452 e. The van der Waals surface area contributed by atoms with Crippen LogP contribution in [-0.4, -0.2) is 36.5 Å². The predicted octanol–water partition coefficient (Wildman–Crippen LogP) is 3.03. The summed E-state index contributed by atoms with van der Waals surface area (Å²) in [5.41, 5.74) is 1.48. The van der Waals surface area contributed by atoms with Crippen LogP contribution in [-0.2, 0) is 14.3 Å². The fraction of sp³-hybridized carbons (Fsp3) is 0.158. The molecule has 2 rings (SSSR count). The lowest BCUT2D eigenvalue weighted by Crippen LogP contribution is -2.32. The van der Waals surface area contributed by atoms with Gasteiger partial charge in [-0.2, -0.15) is 0 Å². The molecule has 0 radical (unpaired) electrons. The Morgan fingerprint density at radius 1 is 1.07 bits per heavy atom. The average Bonchev–Trinajstić information content (AvgIpc) is 2.69. The zero-order valence-electron chi connectivity index (χ0n) is 14.8. The van der Waals surface area contributed by atoms with Gasteiger partial charge >= 0.3 is 5.97 Å². The second-order valence-corrected chi connectivity index (χ2v) is 6.01. The number of esters is 1. The van der Waals surface area contributed by atoms with Gasteiger partial charge in [-0.25, -0.2) is 4.79 Å². The van der Waals surface area contributed by atoms with E-state index in [0.717, 1.165) is 5.56 Å². The highest BCUT2D eigenvalue weighted by Crippen LogP contribution is 2.14. The summed E-state index contributed by atoms with van der Waals surface area (Å²) in [6, 6.07) is 12.8. The Bertz CT molecular complexity index is 851. The van der Waals surface area contributed by atoms with Crippen LogP contribution >= 0.6 is 11.6 Å². The van der Waals surface area contributed by atoms with Gasteiger partial charge in [0.15, 0.2) is 6.61 Å². The van der Waals surface area contributed by atoms with Crippen LogP contribution < -0.4 is 10.6 Å². The van der Waals surface area contributed by atoms with Crippen LogP contribution in [0.5, 0.6) is 0 Å². The Morgan fingerprint density at radius 3 is 2.39 bits per heavy atom. The van der Waals surface area contributed by atoms with Crippen molar-refractivity contribution < 1.29 is 19.2 Å². The maximum Gasteiger partial charge on any atom is 0.331 e. The number of carbonyl (C=O) groups is 2. The first-order valence-corrected chi connectivity index (χ1v) is 8.67. The van der Waals surface area contributed by atoms with E-state index in [1.807, 2.05) is 0 Å². The minimum absolute atomic E-state index is 0.00535. The molecular formula is C19H18ClN3O5. The number of non-ortho nitro benzene ring substituents is 1. The number of nitrogens with one attached hydrogen (secondary N) is 2. The molecule has 28 heavy (non-hydrogen) atoms. The molecule has 2 aromatic rings. The fourth-order valence-corrected chi connectivity index (χ4v) is 2.21. The molecule has 2 N–H and O–H groups in total. The molecule has 1 amide bonds. The van der Waals surface area contributed by atoms with Crippen molar-refractivity contribution in [2.45, 2.75) is 0 Å². The van der Waals surface area contributed by atoms with Gasteiger partial charge in [-0.1, -0.05) is 23.7 Å². The molecule has 0 spiro atoms. The maximum atomic E-state index is 11.7. The number of halogens is 1. The predicted molar refractivity (Wildman–Crippen MR) is 106 cm³/mol. The summed E-state index contributed by atoms with van der Waals surface area (Å²) in [4.78, 5) is 33.4. The number of benzene rings is 2. The van der Waals surface area contributed by atoms with Crippen LogP contribution in [0.3, 0.4) is 0 Å². The van der Waals surface area contributed by atoms with Crippen LogP contribution in [0.1, 0.15) is 5.56 Å². The Labute approximate surface area is 166 Å². The number of ether oxygens (including phenoxy) is 1. The number of nitro groups is 1. The van der Waals surface area contributed by atoms with E-state index in [1.54, 1.807) is 42.5 Å². The van der Waals surface area contributed by atoms with E-state index >= 15 is 0 Å². The van der Waals surface area contributed by atoms with Crippen molar-refractivity contribution in [2.75, 3.05) is 25.0 Å². The number of rotatable bonds is 9. The zero-order valence-corrected chi connectivity index (χ0v) is 15.5. The van der Waals surface area contributed by atoms with Crippen molar-refractivity contribution in [1.82, 2.24) is 5.32 Å². The summed E-state index contributed by atoms with van der Waals surface area (Å²) in [6.45, 7) is 0.323. The van der Waals surface area contributed by atoms with Crippen molar-refractivity contribution in [3.63, 3.8) is 0 Å². The van der Waals surface area contributed by atoms with Crippen LogP contribution in [0.4, 0.5) is 11.4 Å². The lowest BCUT2D eigenvalue weighted by Gasteiger charge is -2.08. The zero-order chi connectivity index (χ0) is 20.4. The molecule has 146 valence electrons. The molecule has 0 saturated heterocycles. The Morgan fingerprint density at radius 2 is 1.75 bits per heavy atom. The standard InChI is InChI=1S/C19H18ClN3O5/c20-15-4-1-14(2-5-15)3-10-19(25)28-13-18(24)22-12-11-21-16-6-8-17(9-7-16)23(26)27/h1-10,21H,11-13H2,(H,22,24)/b10-3+. The van der Waals surface area contributed by atoms with Gasteiger partial charge in [0.2, 0.25) is 0 Å². The minimum atomic E-state index is -0.630. The quantitative estimate of drug-likeness (QED) is 0.219. The normalized spacial score (nSPS) is 10.5. The van der Waals surface area contributed by atoms with Crippen molar-refractivity contribution in [2.24, 2.45) is 0 Å². The van der Waals surface area contributed by atoms with Gasteiger partial charge < -0.3 is 15.4 Å². The first-order valence-electron chi connectivity index (χ1n) is 8.29. The molecule has 0 heterocycles. The van der Waals surface area contributed by atoms with Gasteiger partial charge in [0.05, 0.1) is 4.92 Å². The summed E-state index contributed by atoms with van der Waals surface area (Å²) >= 11 is 5.77. The molecule has 0 atom stereocenters. The molecule has 0 saturated carbocycles. The Balaban J connectivity index is 1.62. The number of anilines is 1. The van der Waals surface area contributed by atoms with E-state index in [0.29, 0.717) is 23.8 Å². The van der Waals surface area contributed by atoms with E-state index in [4.69, 9.17) is 16.3 Å². The molecule has 8 nitrogen and oxygen atoms in total. The van der Waals surface area contributed by atoms with Gasteiger partial charge in [-0.05, 0) is 35.9 Å². The van der Waals surface area contributed by atoms with Crippen molar-refractivity contribution in [1.29, 1.82) is 0 Å². The number of carbonyl (C=O) groups excluding carboxylic acids is 2. The molecule has 9 heteroatoms. The first-order chi connectivity index (χ1) is 13.4. The second-order valence-electron chi connectivity index (χ2n) is 5.57. The third-order valence-corrected chi connectivity index (χ3v) is 3.73. The highest BCUT2D eigenvalue weighted by Gasteiger charge is 2.05. The average molecular weight is 404 g/mol. The fourth-order valence-electron chi connectivity index (χ4n) is 2.08. The molecular weight excluding hydrogens is 386 g/mol. The van der Waals surface area contributed by atoms with E-state index in [2.05, 4.69) is 10.6 Å². The van der Waals surface area contributed by atoms with Gasteiger partial charge in [-0.15, -0.1) is 0 Å². The Kier molecular flexibility index (Phi) is 7.98. The first kappa shape index (κ1) is 20.9. The van der Waals surface area contributed by atoms with Gasteiger partial charge in [-0.3, -0.25) is 14.9 Å². The summed E-state index contributed by atoms with van der Waals surface area (Å²) in [7, 11) is 0. The molecule has 0 aliphatic rings. The molecule has 0 aromatic heterocycles. The lowest BCUT2D eigenvalue weighted by molar-refractivity contribution is -0.384. The van der Waals surface area contributed by atoms with Crippen LogP contribution in [0.15, 0.2) is 54.6 Å². The monoisotopic (exact) mass is 403 g/mol. The van der Waals surface area contributed by atoms with Crippen molar-refractivity contribution in [3.05, 3.63) is 75.3 Å². The van der Waals surface area contributed by atoms with E-state index in [9.17, 15) is 19.7 Å². The number of hydrogen-bond donors (Lipinski definition) is 2. The van der Waals surface area contributed by atoms with E-state index in [-0.39, 0.29) is 12.3 Å². The smallest absolute Gasteiger partial charge is 0.331 e. The number of amides is 1. The summed E-state index contributed by atoms with van der Waals surface area (Å²) in [5, 5.41) is 16.8. The molecule has 0 aliphatic carbocycles. The molecule has 0 fully saturated rings. The molecule has 0 bridgehead atoms. The van der Waals surface area contributed by atoms with Crippen LogP contribution in [0.25, 0.3) is 6.08 Å². The third kappa shape index (κ3) is 7.46. The highest BCUT2D eigenvalue weighted by atomic mass is 35.5. The Hall–Kier alpha value is -3.39. The van der Waals surface area contributed by atoms with Crippen molar-refractivity contribution in [3.8, 4) is 0 Å². The third-order valence-electron chi connectivity index (χ3n) is 3.48. The van der Waals surface area contributed by atoms with Crippen LogP contribution in [0, 0.1) is 10.1 Å². The van der Waals surface area contributed by atoms with Gasteiger partial charge in [0.25, 0.3) is 11.6 Å². The summed E-state index contributed by atoms with van der Waals surface area (Å²) in [5.74, 6) is -1.06. The number of hydrogen-bond acceptors (Lipinski definition) is 6. The summed E-state index contributed by atoms with van der Waals surface area (Å²) < 4.78 is 4.85. The number of nitro benzene ring substituents is 1. The van der Waals surface area contributed by atoms with Crippen molar-refractivity contribution >= 4 is 40.9 Å². The SMILES string of the molecule is O=C(COC(=O)/C=C/c1ccc(Cl)cc1)NCCNc1ccc([N+](=O)[O-])cc1.